The summed E-state index contributed by atoms with van der Waals surface area (Å²) < 4.78 is 65.8. The van der Waals surface area contributed by atoms with Gasteiger partial charge in [-0.1, -0.05) is 95.7 Å². The molecular weight excluding hydrogens is 1020 g/mol. The van der Waals surface area contributed by atoms with Crippen LogP contribution in [-0.2, 0) is 90.7 Å². The predicted octanol–water partition coefficient (Wildman–Crippen LogP) is 10.6. The molecule has 16 nitrogen and oxygen atoms in total. The van der Waals surface area contributed by atoms with Gasteiger partial charge in [0.25, 0.3) is 0 Å². The first-order valence-electron chi connectivity index (χ1n) is 27.0. The lowest BCUT2D eigenvalue weighted by atomic mass is 9.77. The number of esters is 7. The van der Waals surface area contributed by atoms with E-state index in [1.807, 2.05) is 13.0 Å². The number of unbranched alkanes of at least 4 members (excludes halogenated alkanes) is 2. The highest BCUT2D eigenvalue weighted by Crippen LogP contribution is 2.42. The van der Waals surface area contributed by atoms with Gasteiger partial charge in [-0.25, -0.2) is 38.0 Å². The summed E-state index contributed by atoms with van der Waals surface area (Å²) in [7, 11) is 1.95. The Labute approximate surface area is 464 Å². The van der Waals surface area contributed by atoms with Crippen molar-refractivity contribution in [3.05, 3.63) is 113 Å². The van der Waals surface area contributed by atoms with Crippen molar-refractivity contribution in [2.45, 2.75) is 124 Å². The van der Waals surface area contributed by atoms with Gasteiger partial charge in [-0.2, -0.15) is 0 Å². The van der Waals surface area contributed by atoms with Gasteiger partial charge in [0.15, 0.2) is 0 Å². The fourth-order valence-electron chi connectivity index (χ4n) is 9.31. The number of hydrogen-bond acceptors (Lipinski definition) is 16. The number of hydrogen-bond donors (Lipinski definition) is 0. The van der Waals surface area contributed by atoms with Crippen molar-refractivity contribution in [3.63, 3.8) is 0 Å². The molecule has 0 spiro atoms. The summed E-state index contributed by atoms with van der Waals surface area (Å²) in [5.74, 6) is -6.32. The van der Waals surface area contributed by atoms with Crippen LogP contribution in [0, 0.1) is 17.2 Å². The summed E-state index contributed by atoms with van der Waals surface area (Å²) in [6.45, 7) is 16.6. The van der Waals surface area contributed by atoms with E-state index in [-0.39, 0.29) is 74.6 Å². The van der Waals surface area contributed by atoms with Crippen LogP contribution in [0.4, 0.5) is 4.39 Å². The zero-order valence-corrected chi connectivity index (χ0v) is 47.2. The Balaban J connectivity index is 1.85. The minimum Gasteiger partial charge on any atom is -0.492 e. The molecule has 0 aliphatic heterocycles. The zero-order chi connectivity index (χ0) is 58.1. The Morgan fingerprint density at radius 2 is 1.10 bits per heavy atom. The minimum atomic E-state index is -1.73. The Bertz CT molecular complexity index is 2590. The van der Waals surface area contributed by atoms with Crippen LogP contribution in [0.5, 0.6) is 5.75 Å². The molecule has 0 saturated heterocycles. The molecule has 0 atom stereocenters. The van der Waals surface area contributed by atoms with Crippen LogP contribution in [0.2, 0.25) is 0 Å². The topological polar surface area (TPSA) is 203 Å². The molecule has 79 heavy (non-hydrogen) atoms. The van der Waals surface area contributed by atoms with Crippen molar-refractivity contribution in [3.8, 4) is 28.0 Å². The maximum Gasteiger partial charge on any atom is 0.417 e. The van der Waals surface area contributed by atoms with E-state index < -0.39 is 79.4 Å². The molecule has 0 N–H and O–H groups in total. The third-order valence-electron chi connectivity index (χ3n) is 13.8. The number of halogens is 1. The first kappa shape index (κ1) is 64.4. The molecule has 0 aromatic heterocycles. The third-order valence-corrected chi connectivity index (χ3v) is 13.8. The van der Waals surface area contributed by atoms with Crippen LogP contribution in [0.1, 0.15) is 127 Å². The van der Waals surface area contributed by atoms with Crippen LogP contribution in [-0.4, -0.2) is 109 Å². The average Bonchev–Trinajstić information content (AvgIpc) is 3.51. The standard InChI is InChI=1S/C62H79FO16/c1-11-13-14-17-43-20-22-44(23-21-43)45-24-26-46(27-25-45)47-28-29-50(53(63)35-47)52-34-48(18-15-30-74-55(64)40(3)4)54(51(49(52)12-2)19-16-31-75-56(65)41(5)6)77-37-62(38-78-60(69)58(67)71-9,39-79-61(70)59(68)72-10)36-73-32-33-76-57(66)42(7)8/h24-29,34-35,43-44H,3,5,7,11-23,30-33,36-39H2,1-2,4,6,8-10H3. The van der Waals surface area contributed by atoms with Gasteiger partial charge in [0.05, 0.1) is 46.1 Å². The van der Waals surface area contributed by atoms with Crippen LogP contribution in [0.3, 0.4) is 0 Å². The summed E-state index contributed by atoms with van der Waals surface area (Å²) in [6.07, 6.45) is 11.2. The second-order valence-electron chi connectivity index (χ2n) is 20.2. The molecule has 0 radical (unpaired) electrons. The highest BCUT2D eigenvalue weighted by atomic mass is 19.1. The molecule has 1 fully saturated rings. The van der Waals surface area contributed by atoms with Crippen LogP contribution in [0.15, 0.2) is 85.0 Å². The number of carbonyl (C=O) groups excluding carboxylic acids is 7. The van der Waals surface area contributed by atoms with E-state index in [1.54, 1.807) is 12.1 Å². The molecule has 3 aromatic carbocycles. The van der Waals surface area contributed by atoms with Crippen molar-refractivity contribution in [2.24, 2.45) is 11.3 Å². The molecular formula is C62H79FO16. The maximum absolute atomic E-state index is 17.0. The SMILES string of the molecule is C=C(C)C(=O)OCCCc1cc(-c2ccc(-c3ccc(C4CCC(CCCCC)CC4)cc3)cc2F)c(CC)c(CCCOC(=O)C(=C)C)c1OCC(COCCOC(=O)C(=C)C)(COC(=O)C(=O)OC)COC(=O)C(=O)OC. The Morgan fingerprint density at radius 1 is 0.557 bits per heavy atom. The summed E-state index contributed by atoms with van der Waals surface area (Å²) in [6, 6.07) is 15.4. The molecule has 0 heterocycles. The largest absolute Gasteiger partial charge is 0.492 e. The molecule has 3 aromatic rings. The number of benzene rings is 3. The van der Waals surface area contributed by atoms with Crippen LogP contribution in [0.25, 0.3) is 22.3 Å². The second-order valence-corrected chi connectivity index (χ2v) is 20.2. The quantitative estimate of drug-likeness (QED) is 0.0193. The Kier molecular flexibility index (Phi) is 26.6. The van der Waals surface area contributed by atoms with Crippen LogP contribution < -0.4 is 4.74 Å². The fraction of sp³-hybridized carbons (Fsp3) is 0.500. The van der Waals surface area contributed by atoms with Crippen molar-refractivity contribution in [2.75, 3.05) is 67.1 Å². The van der Waals surface area contributed by atoms with Gasteiger partial charge in [0.1, 0.15) is 38.0 Å². The lowest BCUT2D eigenvalue weighted by molar-refractivity contribution is -0.176. The van der Waals surface area contributed by atoms with Gasteiger partial charge in [0, 0.05) is 22.3 Å². The summed E-state index contributed by atoms with van der Waals surface area (Å²) >= 11 is 0. The molecule has 430 valence electrons. The third kappa shape index (κ3) is 19.9. The fourth-order valence-corrected chi connectivity index (χ4v) is 9.31. The molecule has 1 saturated carbocycles. The average molecular weight is 1100 g/mol. The number of ether oxygens (including phenoxy) is 9. The lowest BCUT2D eigenvalue weighted by Crippen LogP contribution is -2.45. The first-order valence-corrected chi connectivity index (χ1v) is 27.0. The van der Waals surface area contributed by atoms with E-state index in [1.165, 1.54) is 70.9 Å². The van der Waals surface area contributed by atoms with E-state index in [4.69, 9.17) is 33.2 Å². The summed E-state index contributed by atoms with van der Waals surface area (Å²) in [4.78, 5) is 87.4. The summed E-state index contributed by atoms with van der Waals surface area (Å²) in [5, 5.41) is 0. The number of aryl methyl sites for hydroxylation is 1. The van der Waals surface area contributed by atoms with Crippen molar-refractivity contribution in [1.29, 1.82) is 0 Å². The van der Waals surface area contributed by atoms with Gasteiger partial charge >= 0.3 is 41.8 Å². The van der Waals surface area contributed by atoms with Gasteiger partial charge < -0.3 is 42.6 Å². The molecule has 0 bridgehead atoms. The lowest BCUT2D eigenvalue weighted by Gasteiger charge is -2.33. The van der Waals surface area contributed by atoms with Gasteiger partial charge in [-0.3, -0.25) is 0 Å². The highest BCUT2D eigenvalue weighted by Gasteiger charge is 2.39. The smallest absolute Gasteiger partial charge is 0.417 e. The Morgan fingerprint density at radius 3 is 1.62 bits per heavy atom. The van der Waals surface area contributed by atoms with E-state index in [2.05, 4.69) is 60.4 Å². The highest BCUT2D eigenvalue weighted by molar-refractivity contribution is 6.30. The van der Waals surface area contributed by atoms with E-state index in [0.717, 1.165) is 38.5 Å². The number of methoxy groups -OCH3 is 2. The zero-order valence-electron chi connectivity index (χ0n) is 47.2. The van der Waals surface area contributed by atoms with Crippen molar-refractivity contribution < 1.29 is 80.6 Å². The number of rotatable bonds is 31. The minimum absolute atomic E-state index is 0.0342. The van der Waals surface area contributed by atoms with Crippen LogP contribution >= 0.6 is 0 Å². The molecule has 0 unspecified atom stereocenters. The molecule has 1 aliphatic carbocycles. The van der Waals surface area contributed by atoms with E-state index >= 15 is 4.39 Å². The maximum atomic E-state index is 17.0. The predicted molar refractivity (Wildman–Crippen MR) is 294 cm³/mol. The van der Waals surface area contributed by atoms with Crippen molar-refractivity contribution >= 4 is 41.8 Å². The van der Waals surface area contributed by atoms with Gasteiger partial charge in [0.2, 0.25) is 0 Å². The molecule has 0 amide bonds. The number of carbonyl (C=O) groups is 7. The first-order chi connectivity index (χ1) is 37.8. The van der Waals surface area contributed by atoms with Gasteiger partial charge in [-0.15, -0.1) is 0 Å². The van der Waals surface area contributed by atoms with E-state index in [9.17, 15) is 33.6 Å². The molecule has 17 heteroatoms. The second kappa shape index (κ2) is 32.7. The Hall–Kier alpha value is -7.14. The van der Waals surface area contributed by atoms with E-state index in [0.29, 0.717) is 45.7 Å². The normalized spacial score (nSPS) is 14.0. The van der Waals surface area contributed by atoms with Crippen molar-refractivity contribution in [1.82, 2.24) is 0 Å². The monoisotopic (exact) mass is 1100 g/mol. The summed E-state index contributed by atoms with van der Waals surface area (Å²) in [5.41, 5.74) is 4.27. The van der Waals surface area contributed by atoms with Gasteiger partial charge in [-0.05, 0) is 141 Å². The molecule has 4 rings (SSSR count). The molecule has 1 aliphatic rings.